The summed E-state index contributed by atoms with van der Waals surface area (Å²) in [6.45, 7) is 0.751. The monoisotopic (exact) mass is 274 g/mol. The van der Waals surface area contributed by atoms with Gasteiger partial charge < -0.3 is 9.64 Å². The summed E-state index contributed by atoms with van der Waals surface area (Å²) in [6.07, 6.45) is 0. The third-order valence-corrected chi connectivity index (χ3v) is 3.17. The summed E-state index contributed by atoms with van der Waals surface area (Å²) in [5.74, 6) is -0.0606. The van der Waals surface area contributed by atoms with Gasteiger partial charge in [-0.05, 0) is 5.56 Å². The number of ether oxygens (including phenoxy) is 1. The minimum absolute atomic E-state index is 0.108. The SMILES string of the molecule is O=C1CN2C(=NN1)NC(=O)C2COCc1ccccc1. The fourth-order valence-electron chi connectivity index (χ4n) is 2.17. The van der Waals surface area contributed by atoms with Crippen LogP contribution in [0.2, 0.25) is 0 Å². The number of nitrogens with zero attached hydrogens (tertiary/aromatic N) is 2. The maximum absolute atomic E-state index is 11.8. The van der Waals surface area contributed by atoms with Gasteiger partial charge in [0.1, 0.15) is 12.6 Å². The lowest BCUT2D eigenvalue weighted by atomic mass is 10.2. The number of guanidine groups is 1. The molecule has 0 aliphatic carbocycles. The van der Waals surface area contributed by atoms with Gasteiger partial charge in [-0.2, -0.15) is 0 Å². The van der Waals surface area contributed by atoms with Crippen molar-refractivity contribution in [1.82, 2.24) is 15.6 Å². The third kappa shape index (κ3) is 2.48. The van der Waals surface area contributed by atoms with Gasteiger partial charge in [0.05, 0.1) is 13.2 Å². The van der Waals surface area contributed by atoms with Gasteiger partial charge in [0.2, 0.25) is 5.96 Å². The van der Waals surface area contributed by atoms with Gasteiger partial charge in [-0.25, -0.2) is 5.43 Å². The van der Waals surface area contributed by atoms with Crippen molar-refractivity contribution in [3.8, 4) is 0 Å². The summed E-state index contributed by atoms with van der Waals surface area (Å²) in [4.78, 5) is 24.8. The molecule has 1 fully saturated rings. The van der Waals surface area contributed by atoms with Crippen LogP contribution < -0.4 is 10.7 Å². The first-order valence-electron chi connectivity index (χ1n) is 6.30. The summed E-state index contributed by atoms with van der Waals surface area (Å²) < 4.78 is 5.57. The Bertz CT molecular complexity index is 558. The van der Waals surface area contributed by atoms with Crippen molar-refractivity contribution in [1.29, 1.82) is 0 Å². The molecule has 2 heterocycles. The number of hydrazone groups is 1. The number of hydrogen-bond acceptors (Lipinski definition) is 5. The minimum Gasteiger partial charge on any atom is -0.374 e. The lowest BCUT2D eigenvalue weighted by Gasteiger charge is -2.25. The van der Waals surface area contributed by atoms with Gasteiger partial charge in [0, 0.05) is 0 Å². The number of carbonyl (C=O) groups is 2. The predicted octanol–water partition coefficient (Wildman–Crippen LogP) is -0.596. The van der Waals surface area contributed by atoms with E-state index in [1.807, 2.05) is 30.3 Å². The standard InChI is InChI=1S/C13H14N4O3/c18-11-6-17-10(12(19)14-13(17)16-15-11)8-20-7-9-4-2-1-3-5-9/h1-5,10H,6-8H2,(H,15,18)(H,14,16,19). The van der Waals surface area contributed by atoms with Crippen LogP contribution in [0.5, 0.6) is 0 Å². The smallest absolute Gasteiger partial charge is 0.259 e. The molecule has 7 heteroatoms. The molecule has 0 aromatic heterocycles. The molecule has 2 aliphatic heterocycles. The average molecular weight is 274 g/mol. The van der Waals surface area contributed by atoms with E-state index in [-0.39, 0.29) is 25.0 Å². The van der Waals surface area contributed by atoms with Crippen molar-refractivity contribution in [3.05, 3.63) is 35.9 Å². The number of rotatable bonds is 4. The number of benzene rings is 1. The Kier molecular flexibility index (Phi) is 3.34. The van der Waals surface area contributed by atoms with Crippen molar-refractivity contribution < 1.29 is 14.3 Å². The maximum atomic E-state index is 11.8. The number of hydrogen-bond donors (Lipinski definition) is 2. The Balaban J connectivity index is 1.59. The lowest BCUT2D eigenvalue weighted by molar-refractivity contribution is -0.125. The van der Waals surface area contributed by atoms with Crippen LogP contribution in [-0.4, -0.2) is 41.9 Å². The van der Waals surface area contributed by atoms with Crippen molar-refractivity contribution in [2.24, 2.45) is 5.10 Å². The Labute approximate surface area is 115 Å². The third-order valence-electron chi connectivity index (χ3n) is 3.17. The highest BCUT2D eigenvalue weighted by Gasteiger charge is 2.39. The Morgan fingerprint density at radius 3 is 2.90 bits per heavy atom. The van der Waals surface area contributed by atoms with E-state index in [1.165, 1.54) is 0 Å². The van der Waals surface area contributed by atoms with E-state index in [0.717, 1.165) is 5.56 Å². The molecule has 1 aromatic rings. The second-order valence-corrected chi connectivity index (χ2v) is 4.60. The van der Waals surface area contributed by atoms with Crippen molar-refractivity contribution in [3.63, 3.8) is 0 Å². The van der Waals surface area contributed by atoms with E-state index in [0.29, 0.717) is 12.6 Å². The fourth-order valence-corrected chi connectivity index (χ4v) is 2.17. The van der Waals surface area contributed by atoms with Crippen LogP contribution in [-0.2, 0) is 20.9 Å². The molecule has 2 N–H and O–H groups in total. The number of carbonyl (C=O) groups excluding carboxylic acids is 2. The zero-order chi connectivity index (χ0) is 13.9. The Morgan fingerprint density at radius 2 is 2.10 bits per heavy atom. The topological polar surface area (TPSA) is 83.0 Å². The molecule has 0 radical (unpaired) electrons. The van der Waals surface area contributed by atoms with Gasteiger partial charge in [-0.15, -0.1) is 5.10 Å². The Hall–Kier alpha value is -2.41. The second kappa shape index (κ2) is 5.30. The van der Waals surface area contributed by atoms with Gasteiger partial charge in [0.25, 0.3) is 11.8 Å². The molecular weight excluding hydrogens is 260 g/mol. The van der Waals surface area contributed by atoms with Crippen LogP contribution in [0.1, 0.15) is 5.56 Å². The van der Waals surface area contributed by atoms with E-state index in [1.54, 1.807) is 4.90 Å². The highest BCUT2D eigenvalue weighted by molar-refractivity contribution is 6.08. The van der Waals surface area contributed by atoms with Gasteiger partial charge in [-0.1, -0.05) is 30.3 Å². The molecule has 20 heavy (non-hydrogen) atoms. The normalized spacial score (nSPS) is 21.1. The molecule has 1 aromatic carbocycles. The van der Waals surface area contributed by atoms with E-state index in [2.05, 4.69) is 15.8 Å². The predicted molar refractivity (Wildman–Crippen MR) is 70.3 cm³/mol. The summed E-state index contributed by atoms with van der Waals surface area (Å²) in [5.41, 5.74) is 3.37. The molecule has 0 bridgehead atoms. The Morgan fingerprint density at radius 1 is 1.30 bits per heavy atom. The van der Waals surface area contributed by atoms with Crippen molar-refractivity contribution in [2.75, 3.05) is 13.2 Å². The molecule has 104 valence electrons. The molecule has 3 rings (SSSR count). The molecule has 1 unspecified atom stereocenters. The average Bonchev–Trinajstić information content (AvgIpc) is 2.76. The van der Waals surface area contributed by atoms with Crippen molar-refractivity contribution >= 4 is 17.8 Å². The highest BCUT2D eigenvalue weighted by Crippen LogP contribution is 2.12. The number of fused-ring (bicyclic) bond motifs is 1. The molecule has 0 saturated carbocycles. The molecular formula is C13H14N4O3. The number of nitrogens with one attached hydrogen (secondary N) is 2. The first-order chi connectivity index (χ1) is 9.74. The molecule has 0 spiro atoms. The lowest BCUT2D eigenvalue weighted by Crippen LogP contribution is -2.48. The fraction of sp³-hybridized carbons (Fsp3) is 0.308. The molecule has 1 saturated heterocycles. The van der Waals surface area contributed by atoms with Crippen LogP contribution in [0.3, 0.4) is 0 Å². The number of amides is 2. The zero-order valence-electron chi connectivity index (χ0n) is 10.7. The quantitative estimate of drug-likeness (QED) is 0.768. The largest absolute Gasteiger partial charge is 0.374 e. The summed E-state index contributed by atoms with van der Waals surface area (Å²) in [5, 5.41) is 6.41. The van der Waals surface area contributed by atoms with Gasteiger partial charge in [-0.3, -0.25) is 14.9 Å². The maximum Gasteiger partial charge on any atom is 0.259 e. The van der Waals surface area contributed by atoms with Gasteiger partial charge in [0.15, 0.2) is 0 Å². The molecule has 2 aliphatic rings. The van der Waals surface area contributed by atoms with E-state index in [9.17, 15) is 9.59 Å². The van der Waals surface area contributed by atoms with Crippen LogP contribution in [0.25, 0.3) is 0 Å². The van der Waals surface area contributed by atoms with Crippen molar-refractivity contribution in [2.45, 2.75) is 12.6 Å². The summed E-state index contributed by atoms with van der Waals surface area (Å²) >= 11 is 0. The van der Waals surface area contributed by atoms with Gasteiger partial charge >= 0.3 is 0 Å². The van der Waals surface area contributed by atoms with E-state index >= 15 is 0 Å². The highest BCUT2D eigenvalue weighted by atomic mass is 16.5. The summed E-state index contributed by atoms with van der Waals surface area (Å²) in [6, 6.07) is 9.19. The van der Waals surface area contributed by atoms with E-state index in [4.69, 9.17) is 4.74 Å². The first kappa shape index (κ1) is 12.6. The zero-order valence-corrected chi connectivity index (χ0v) is 10.7. The summed E-state index contributed by atoms with van der Waals surface area (Å²) in [7, 11) is 0. The second-order valence-electron chi connectivity index (χ2n) is 4.60. The van der Waals surface area contributed by atoms with Crippen LogP contribution in [0.15, 0.2) is 35.4 Å². The van der Waals surface area contributed by atoms with Crippen LogP contribution >= 0.6 is 0 Å². The van der Waals surface area contributed by atoms with E-state index < -0.39 is 6.04 Å². The molecule has 1 atom stereocenters. The first-order valence-corrected chi connectivity index (χ1v) is 6.30. The molecule has 2 amide bonds. The minimum atomic E-state index is -0.511. The van der Waals surface area contributed by atoms with Crippen LogP contribution in [0.4, 0.5) is 0 Å². The molecule has 7 nitrogen and oxygen atoms in total. The van der Waals surface area contributed by atoms with Crippen LogP contribution in [0, 0.1) is 0 Å².